The first-order valence-electron chi connectivity index (χ1n) is 15.5. The van der Waals surface area contributed by atoms with Crippen LogP contribution < -0.4 is 0 Å². The number of aromatic amines is 1. The number of alkyl halides is 2. The van der Waals surface area contributed by atoms with E-state index in [2.05, 4.69) is 58.4 Å². The molecule has 1 unspecified atom stereocenters. The normalized spacial score (nSPS) is 21.7. The van der Waals surface area contributed by atoms with E-state index in [1.165, 1.54) is 24.0 Å². The molecule has 2 saturated carbocycles. The second kappa shape index (κ2) is 10.0. The van der Waals surface area contributed by atoms with Crippen molar-refractivity contribution in [1.82, 2.24) is 19.7 Å². The Bertz CT molecular complexity index is 1650. The minimum atomic E-state index is -2.55. The predicted octanol–water partition coefficient (Wildman–Crippen LogP) is 8.75. The van der Waals surface area contributed by atoms with Crippen LogP contribution in [0.15, 0.2) is 54.9 Å². The average molecular weight is 587 g/mol. The average Bonchev–Trinajstić information content (AvgIpc) is 3.42. The third kappa shape index (κ3) is 5.39. The summed E-state index contributed by atoms with van der Waals surface area (Å²) < 4.78 is 35.8. The summed E-state index contributed by atoms with van der Waals surface area (Å²) in [6.45, 7) is 9.18. The Hall–Kier alpha value is -3.52. The molecule has 2 aromatic heterocycles. The molecule has 3 aliphatic rings. The van der Waals surface area contributed by atoms with Gasteiger partial charge >= 0.3 is 6.09 Å². The van der Waals surface area contributed by atoms with Crippen LogP contribution in [0, 0.1) is 12.3 Å². The Morgan fingerprint density at radius 3 is 2.49 bits per heavy atom. The molecule has 1 atom stereocenters. The maximum atomic E-state index is 14.2. The lowest BCUT2D eigenvalue weighted by Gasteiger charge is -2.54. The number of fused-ring (bicyclic) bond motifs is 1. The van der Waals surface area contributed by atoms with Crippen LogP contribution in [-0.2, 0) is 11.3 Å². The number of aromatic nitrogens is 3. The maximum absolute atomic E-state index is 14.2. The first-order valence-corrected chi connectivity index (χ1v) is 15.5. The fraction of sp³-hybridized carbons (Fsp3) is 0.486. The second-order valence-electron chi connectivity index (χ2n) is 14.2. The lowest BCUT2D eigenvalue weighted by atomic mass is 9.59. The highest BCUT2D eigenvalue weighted by molar-refractivity contribution is 5.94. The largest absolute Gasteiger partial charge is 0.443 e. The molecule has 3 fully saturated rings. The third-order valence-electron chi connectivity index (χ3n) is 9.64. The monoisotopic (exact) mass is 586 g/mol. The van der Waals surface area contributed by atoms with E-state index in [9.17, 15) is 13.6 Å². The summed E-state index contributed by atoms with van der Waals surface area (Å²) in [6, 6.07) is 14.8. The number of piperidine rings is 1. The van der Waals surface area contributed by atoms with E-state index >= 15 is 0 Å². The van der Waals surface area contributed by atoms with Crippen LogP contribution in [0.3, 0.4) is 0 Å². The number of ether oxygens (including phenoxy) is 1. The number of H-pyrrole nitrogens is 1. The number of likely N-dealkylation sites (tertiary alicyclic amines) is 1. The van der Waals surface area contributed by atoms with Gasteiger partial charge in [-0.25, -0.2) is 13.6 Å². The Balaban J connectivity index is 1.26. The van der Waals surface area contributed by atoms with Gasteiger partial charge in [-0.1, -0.05) is 30.3 Å². The summed E-state index contributed by atoms with van der Waals surface area (Å²) in [5, 5.41) is 8.18. The number of carbonyl (C=O) groups excluding carboxylic acids is 1. The summed E-state index contributed by atoms with van der Waals surface area (Å²) in [5.74, 6) is -2.03. The SMILES string of the molecule is Cc1cc(C2CC2)c(CN2CCC3(CC2c2ccc(-c4ccn[nH]4)cc2)CC(F)(F)C3)c2ccn(C(=O)OC(C)(C)C)c12. The molecule has 0 bridgehead atoms. The minimum absolute atomic E-state index is 0.0165. The molecular weight excluding hydrogens is 546 g/mol. The van der Waals surface area contributed by atoms with E-state index in [4.69, 9.17) is 4.74 Å². The predicted molar refractivity (Wildman–Crippen MR) is 163 cm³/mol. The van der Waals surface area contributed by atoms with Crippen LogP contribution >= 0.6 is 0 Å². The number of rotatable bonds is 5. The van der Waals surface area contributed by atoms with Gasteiger partial charge in [0.2, 0.25) is 5.92 Å². The Morgan fingerprint density at radius 2 is 1.86 bits per heavy atom. The zero-order valence-electron chi connectivity index (χ0n) is 25.4. The summed E-state index contributed by atoms with van der Waals surface area (Å²) in [4.78, 5) is 15.7. The van der Waals surface area contributed by atoms with Crippen molar-refractivity contribution in [2.45, 2.75) is 96.2 Å². The Kier molecular flexibility index (Phi) is 6.58. The quantitative estimate of drug-likeness (QED) is 0.254. The van der Waals surface area contributed by atoms with Crippen molar-refractivity contribution >= 4 is 17.0 Å². The molecule has 4 aromatic rings. The van der Waals surface area contributed by atoms with Crippen molar-refractivity contribution in [1.29, 1.82) is 0 Å². The number of hydrogen-bond donors (Lipinski definition) is 1. The van der Waals surface area contributed by atoms with Crippen molar-refractivity contribution in [3.8, 4) is 11.3 Å². The molecule has 6 nitrogen and oxygen atoms in total. The molecule has 1 saturated heterocycles. The number of carbonyl (C=O) groups is 1. The fourth-order valence-electron chi connectivity index (χ4n) is 7.59. The lowest BCUT2D eigenvalue weighted by molar-refractivity contribution is -0.186. The van der Waals surface area contributed by atoms with Crippen LogP contribution in [-0.4, -0.2) is 43.8 Å². The number of halogens is 2. The molecule has 0 radical (unpaired) electrons. The van der Waals surface area contributed by atoms with Crippen LogP contribution in [0.5, 0.6) is 0 Å². The highest BCUT2D eigenvalue weighted by Gasteiger charge is 2.58. The van der Waals surface area contributed by atoms with Gasteiger partial charge in [0.15, 0.2) is 0 Å². The van der Waals surface area contributed by atoms with Gasteiger partial charge in [-0.2, -0.15) is 5.10 Å². The highest BCUT2D eigenvalue weighted by atomic mass is 19.3. The Labute approximate surface area is 251 Å². The lowest BCUT2D eigenvalue weighted by Crippen LogP contribution is -2.53. The minimum Gasteiger partial charge on any atom is -0.443 e. The summed E-state index contributed by atoms with van der Waals surface area (Å²) >= 11 is 0. The van der Waals surface area contributed by atoms with E-state index in [1.807, 2.05) is 33.0 Å². The van der Waals surface area contributed by atoms with E-state index in [0.29, 0.717) is 12.5 Å². The molecule has 3 heterocycles. The zero-order chi connectivity index (χ0) is 30.1. The van der Waals surface area contributed by atoms with E-state index in [-0.39, 0.29) is 30.4 Å². The van der Waals surface area contributed by atoms with E-state index < -0.39 is 11.5 Å². The molecular formula is C35H40F2N4O2. The first kappa shape index (κ1) is 28.3. The molecule has 226 valence electrons. The molecule has 7 rings (SSSR count). The first-order chi connectivity index (χ1) is 20.4. The van der Waals surface area contributed by atoms with Crippen LogP contribution in [0.2, 0.25) is 0 Å². The number of nitrogens with one attached hydrogen (secondary N) is 1. The van der Waals surface area contributed by atoms with Gasteiger partial charge in [-0.3, -0.25) is 14.6 Å². The number of aryl methyl sites for hydroxylation is 1. The van der Waals surface area contributed by atoms with Crippen LogP contribution in [0.4, 0.5) is 13.6 Å². The van der Waals surface area contributed by atoms with E-state index in [1.54, 1.807) is 10.8 Å². The smallest absolute Gasteiger partial charge is 0.418 e. The molecule has 1 spiro atoms. The van der Waals surface area contributed by atoms with Gasteiger partial charge in [0.05, 0.1) is 11.2 Å². The summed E-state index contributed by atoms with van der Waals surface area (Å²) in [5.41, 5.74) is 6.81. The van der Waals surface area contributed by atoms with Gasteiger partial charge in [0, 0.05) is 43.2 Å². The van der Waals surface area contributed by atoms with Crippen molar-refractivity contribution in [3.63, 3.8) is 0 Å². The number of hydrogen-bond acceptors (Lipinski definition) is 4. The van der Waals surface area contributed by atoms with Crippen molar-refractivity contribution in [2.24, 2.45) is 5.41 Å². The zero-order valence-corrected chi connectivity index (χ0v) is 25.4. The topological polar surface area (TPSA) is 63.2 Å². The molecule has 2 aliphatic carbocycles. The standard InChI is InChI=1S/C35H40F2N4O2/c1-22-17-27(23-5-6-23)28(26-12-15-41(31(22)26)32(42)43-33(2,3)4)19-40-16-13-34(20-35(36,37)21-34)18-30(40)25-9-7-24(8-10-25)29-11-14-38-39-29/h7-12,14-15,17,23,30H,5-6,13,16,18-21H2,1-4H3,(H,38,39). The van der Waals surface area contributed by atoms with Gasteiger partial charge < -0.3 is 4.74 Å². The van der Waals surface area contributed by atoms with E-state index in [0.717, 1.165) is 52.7 Å². The van der Waals surface area contributed by atoms with Gasteiger partial charge in [0.25, 0.3) is 0 Å². The Morgan fingerprint density at radius 1 is 1.12 bits per heavy atom. The molecule has 43 heavy (non-hydrogen) atoms. The van der Waals surface area contributed by atoms with Crippen molar-refractivity contribution in [2.75, 3.05) is 6.54 Å². The molecule has 8 heteroatoms. The highest BCUT2D eigenvalue weighted by Crippen LogP contribution is 2.60. The van der Waals surface area contributed by atoms with Crippen molar-refractivity contribution in [3.05, 3.63) is 77.1 Å². The fourth-order valence-corrected chi connectivity index (χ4v) is 7.59. The van der Waals surface area contributed by atoms with Gasteiger partial charge in [-0.05, 0) is 111 Å². The molecule has 1 N–H and O–H groups in total. The van der Waals surface area contributed by atoms with Gasteiger partial charge in [-0.15, -0.1) is 0 Å². The van der Waals surface area contributed by atoms with Crippen LogP contribution in [0.25, 0.3) is 22.2 Å². The van der Waals surface area contributed by atoms with Gasteiger partial charge in [0.1, 0.15) is 5.60 Å². The third-order valence-corrected chi connectivity index (χ3v) is 9.64. The summed E-state index contributed by atoms with van der Waals surface area (Å²) in [7, 11) is 0. The second-order valence-corrected chi connectivity index (χ2v) is 14.2. The molecule has 0 amide bonds. The summed E-state index contributed by atoms with van der Waals surface area (Å²) in [6.07, 6.45) is 6.99. The van der Waals surface area contributed by atoms with Crippen LogP contribution in [0.1, 0.15) is 93.5 Å². The molecule has 2 aromatic carbocycles. The number of nitrogens with zero attached hydrogens (tertiary/aromatic N) is 3. The molecule has 1 aliphatic heterocycles. The van der Waals surface area contributed by atoms with Crippen molar-refractivity contribution < 1.29 is 18.3 Å². The number of benzene rings is 2. The maximum Gasteiger partial charge on any atom is 0.418 e.